The van der Waals surface area contributed by atoms with Crippen molar-refractivity contribution >= 4 is 11.7 Å². The Morgan fingerprint density at radius 2 is 1.50 bits per heavy atom. The largest absolute Gasteiger partial charge is 0.382 e. The van der Waals surface area contributed by atoms with E-state index in [0.717, 1.165) is 0 Å². The number of nitrogens with zero attached hydrogens (tertiary/aromatic N) is 1. The van der Waals surface area contributed by atoms with E-state index in [-0.39, 0.29) is 11.7 Å². The summed E-state index contributed by atoms with van der Waals surface area (Å²) >= 11 is 0. The van der Waals surface area contributed by atoms with Crippen molar-refractivity contribution in [3.05, 3.63) is 29.6 Å². The molecule has 0 aliphatic rings. The molecule has 1 aromatic heterocycles. The van der Waals surface area contributed by atoms with Gasteiger partial charge in [0.1, 0.15) is 23.1 Å². The van der Waals surface area contributed by atoms with Crippen molar-refractivity contribution in [2.24, 2.45) is 11.5 Å². The summed E-state index contributed by atoms with van der Waals surface area (Å²) in [5.74, 6) is -0.254. The minimum Gasteiger partial charge on any atom is -0.382 e. The summed E-state index contributed by atoms with van der Waals surface area (Å²) in [6, 6.07) is 4.84. The predicted octanol–water partition coefficient (Wildman–Crippen LogP) is -0.350. The van der Waals surface area contributed by atoms with Gasteiger partial charge in [0.05, 0.1) is 0 Å². The number of nitrogens with one attached hydrogen (secondary N) is 2. The molecule has 0 amide bonds. The third kappa shape index (κ3) is 1.57. The topological polar surface area (TPSA) is 113 Å². The Morgan fingerprint density at radius 3 is 1.83 bits per heavy atom. The molecule has 0 saturated heterocycles. The number of pyridine rings is 1. The first kappa shape index (κ1) is 8.19. The van der Waals surface area contributed by atoms with Crippen LogP contribution in [-0.4, -0.2) is 16.7 Å². The third-order valence-corrected chi connectivity index (χ3v) is 1.30. The minimum absolute atomic E-state index is 0.127. The number of rotatable bonds is 2. The van der Waals surface area contributed by atoms with Crippen molar-refractivity contribution < 1.29 is 0 Å². The summed E-state index contributed by atoms with van der Waals surface area (Å²) in [6.45, 7) is 0. The lowest BCUT2D eigenvalue weighted by Gasteiger charge is -1.99. The smallest absolute Gasteiger partial charge is 0.141 e. The molecule has 0 aliphatic carbocycles. The zero-order valence-corrected chi connectivity index (χ0v) is 6.33. The first-order valence-electron chi connectivity index (χ1n) is 3.27. The van der Waals surface area contributed by atoms with E-state index in [1.165, 1.54) is 0 Å². The molecule has 0 unspecified atom stereocenters. The van der Waals surface area contributed by atoms with Crippen LogP contribution in [0.1, 0.15) is 11.4 Å². The first-order valence-corrected chi connectivity index (χ1v) is 3.27. The van der Waals surface area contributed by atoms with Gasteiger partial charge in [-0.15, -0.1) is 0 Å². The molecule has 6 N–H and O–H groups in total. The number of hydrogen-bond acceptors (Lipinski definition) is 3. The highest BCUT2D eigenvalue weighted by Gasteiger charge is 2.01. The second kappa shape index (κ2) is 3.00. The van der Waals surface area contributed by atoms with E-state index in [1.807, 2.05) is 0 Å². The van der Waals surface area contributed by atoms with Gasteiger partial charge < -0.3 is 11.5 Å². The van der Waals surface area contributed by atoms with Crippen LogP contribution in [0.3, 0.4) is 0 Å². The minimum atomic E-state index is -0.127. The Balaban J connectivity index is 3.12. The molecule has 1 rings (SSSR count). The van der Waals surface area contributed by atoms with Crippen molar-refractivity contribution in [2.75, 3.05) is 0 Å². The van der Waals surface area contributed by atoms with Crippen LogP contribution in [0.15, 0.2) is 18.2 Å². The molecule has 62 valence electrons. The van der Waals surface area contributed by atoms with Gasteiger partial charge in [0, 0.05) is 0 Å². The number of hydrogen-bond donors (Lipinski definition) is 4. The number of aromatic nitrogens is 1. The van der Waals surface area contributed by atoms with Crippen LogP contribution in [0, 0.1) is 10.8 Å². The zero-order chi connectivity index (χ0) is 9.14. The van der Waals surface area contributed by atoms with Crippen molar-refractivity contribution in [3.63, 3.8) is 0 Å². The molecule has 1 aromatic rings. The van der Waals surface area contributed by atoms with E-state index in [0.29, 0.717) is 11.4 Å². The van der Waals surface area contributed by atoms with Crippen molar-refractivity contribution in [1.29, 1.82) is 10.8 Å². The molecule has 12 heavy (non-hydrogen) atoms. The van der Waals surface area contributed by atoms with Crippen LogP contribution in [0.5, 0.6) is 0 Å². The quantitative estimate of drug-likeness (QED) is 0.353. The van der Waals surface area contributed by atoms with Gasteiger partial charge >= 0.3 is 0 Å². The molecule has 0 spiro atoms. The molecule has 1 heterocycles. The maximum atomic E-state index is 7.08. The molecule has 0 bridgehead atoms. The molecular formula is C7H9N5. The highest BCUT2D eigenvalue weighted by molar-refractivity contribution is 5.96. The lowest BCUT2D eigenvalue weighted by Crippen LogP contribution is -2.18. The molecule has 5 heteroatoms. The molecule has 0 atom stereocenters. The summed E-state index contributed by atoms with van der Waals surface area (Å²) in [5, 5.41) is 14.2. The number of nitrogen functional groups attached to an aromatic ring is 2. The highest BCUT2D eigenvalue weighted by Crippen LogP contribution is 1.97. The van der Waals surface area contributed by atoms with Crippen LogP contribution in [0.4, 0.5) is 0 Å². The molecule has 0 aliphatic heterocycles. The summed E-state index contributed by atoms with van der Waals surface area (Å²) in [6.07, 6.45) is 0. The average Bonchev–Trinajstić information content (AvgIpc) is 2.04. The van der Waals surface area contributed by atoms with Crippen LogP contribution < -0.4 is 11.5 Å². The van der Waals surface area contributed by atoms with Gasteiger partial charge in [0.15, 0.2) is 0 Å². The normalized spacial score (nSPS) is 9.33. The van der Waals surface area contributed by atoms with E-state index in [1.54, 1.807) is 18.2 Å². The Kier molecular flexibility index (Phi) is 2.05. The Hall–Kier alpha value is -1.91. The summed E-state index contributed by atoms with van der Waals surface area (Å²) in [5.41, 5.74) is 11.1. The van der Waals surface area contributed by atoms with Crippen LogP contribution in [0.2, 0.25) is 0 Å². The lowest BCUT2D eigenvalue weighted by atomic mass is 10.3. The zero-order valence-electron chi connectivity index (χ0n) is 6.33. The fourth-order valence-electron chi connectivity index (χ4n) is 0.735. The third-order valence-electron chi connectivity index (χ3n) is 1.30. The molecule has 0 saturated carbocycles. The molecule has 0 fully saturated rings. The van der Waals surface area contributed by atoms with Gasteiger partial charge in [0.2, 0.25) is 0 Å². The van der Waals surface area contributed by atoms with E-state index in [2.05, 4.69) is 4.98 Å². The van der Waals surface area contributed by atoms with E-state index >= 15 is 0 Å². The standard InChI is InChI=1S/C7H9N5/c8-6(9)4-2-1-3-5(12-4)7(10)11/h1-3H,(H3,8,9)(H3,10,11). The second-order valence-electron chi connectivity index (χ2n) is 2.24. The van der Waals surface area contributed by atoms with Crippen LogP contribution >= 0.6 is 0 Å². The van der Waals surface area contributed by atoms with Crippen molar-refractivity contribution in [3.8, 4) is 0 Å². The van der Waals surface area contributed by atoms with Crippen molar-refractivity contribution in [1.82, 2.24) is 4.98 Å². The Bertz CT molecular complexity index is 301. The van der Waals surface area contributed by atoms with Crippen molar-refractivity contribution in [2.45, 2.75) is 0 Å². The predicted molar refractivity (Wildman–Crippen MR) is 46.3 cm³/mol. The summed E-state index contributed by atoms with van der Waals surface area (Å²) in [4.78, 5) is 3.87. The number of nitrogens with two attached hydrogens (primary N) is 2. The maximum absolute atomic E-state index is 7.08. The second-order valence-corrected chi connectivity index (χ2v) is 2.24. The Morgan fingerprint density at radius 1 is 1.08 bits per heavy atom. The fraction of sp³-hybridized carbons (Fsp3) is 0. The monoisotopic (exact) mass is 163 g/mol. The summed E-state index contributed by atoms with van der Waals surface area (Å²) in [7, 11) is 0. The van der Waals surface area contributed by atoms with Crippen LogP contribution in [0.25, 0.3) is 0 Å². The first-order chi connectivity index (χ1) is 5.61. The molecule has 0 radical (unpaired) electrons. The highest BCUT2D eigenvalue weighted by atomic mass is 14.9. The average molecular weight is 163 g/mol. The fourth-order valence-corrected chi connectivity index (χ4v) is 0.735. The van der Waals surface area contributed by atoms with Gasteiger partial charge in [0.25, 0.3) is 0 Å². The SMILES string of the molecule is N=C(N)c1cccc(C(=N)N)n1. The van der Waals surface area contributed by atoms with Gasteiger partial charge in [-0.3, -0.25) is 10.8 Å². The van der Waals surface area contributed by atoms with E-state index in [9.17, 15) is 0 Å². The molecular weight excluding hydrogens is 154 g/mol. The van der Waals surface area contributed by atoms with Crippen LogP contribution in [-0.2, 0) is 0 Å². The Labute approximate surface area is 69.4 Å². The maximum Gasteiger partial charge on any atom is 0.141 e. The van der Waals surface area contributed by atoms with E-state index in [4.69, 9.17) is 22.3 Å². The number of amidine groups is 2. The molecule has 5 nitrogen and oxygen atoms in total. The van der Waals surface area contributed by atoms with Gasteiger partial charge in [-0.2, -0.15) is 0 Å². The van der Waals surface area contributed by atoms with E-state index < -0.39 is 0 Å². The summed E-state index contributed by atoms with van der Waals surface area (Å²) < 4.78 is 0. The van der Waals surface area contributed by atoms with Gasteiger partial charge in [-0.25, -0.2) is 4.98 Å². The molecule has 0 aromatic carbocycles. The van der Waals surface area contributed by atoms with Gasteiger partial charge in [-0.1, -0.05) is 6.07 Å². The lowest BCUT2D eigenvalue weighted by molar-refractivity contribution is 1.21. The van der Waals surface area contributed by atoms with Gasteiger partial charge in [-0.05, 0) is 12.1 Å².